The Balaban J connectivity index is 2.34. The molecule has 7 nitrogen and oxygen atoms in total. The van der Waals surface area contributed by atoms with Gasteiger partial charge >= 0.3 is 6.36 Å². The standard InChI is InChI=1S/C17H16BrClF4N4O3/c1-8(19)27(3)25-14(18)9-7-26(2)16(29)12(9)15(28)24-11-6-4-5-10(20)13(11)30-17(21,22)23/h4-6,9,12H,1,7H2,2-3H3,(H,24,28)/b25-14-/t9-,12-/m0/s1. The molecule has 0 aromatic heterocycles. The highest BCUT2D eigenvalue weighted by atomic mass is 79.9. The van der Waals surface area contributed by atoms with Crippen LogP contribution in [-0.2, 0) is 9.59 Å². The van der Waals surface area contributed by atoms with Crippen LogP contribution in [0.4, 0.5) is 23.2 Å². The number of alkyl halides is 3. The molecule has 1 aromatic rings. The second kappa shape index (κ2) is 9.21. The zero-order valence-electron chi connectivity index (χ0n) is 15.6. The van der Waals surface area contributed by atoms with Gasteiger partial charge in [-0.15, -0.1) is 13.2 Å². The number of anilines is 1. The fourth-order valence-corrected chi connectivity index (χ4v) is 3.40. The van der Waals surface area contributed by atoms with Crippen molar-refractivity contribution >= 4 is 49.7 Å². The Kier molecular flexibility index (Phi) is 7.35. The molecule has 0 unspecified atom stereocenters. The molecule has 1 aromatic carbocycles. The average Bonchev–Trinajstić information content (AvgIpc) is 2.92. The Bertz CT molecular complexity index is 896. The average molecular weight is 516 g/mol. The van der Waals surface area contributed by atoms with Gasteiger partial charge in [0, 0.05) is 26.6 Å². The number of nitrogens with zero attached hydrogens (tertiary/aromatic N) is 3. The van der Waals surface area contributed by atoms with E-state index in [1.54, 1.807) is 0 Å². The molecule has 0 saturated carbocycles. The first-order valence-corrected chi connectivity index (χ1v) is 9.41. The van der Waals surface area contributed by atoms with Crippen LogP contribution in [0, 0.1) is 17.7 Å². The predicted molar refractivity (Wildman–Crippen MR) is 105 cm³/mol. The SMILES string of the molecule is C=C(Cl)N(C)/N=C(\Br)[C@H]1CN(C)C(=O)[C@@H]1C(=O)Nc1cccc(F)c1OC(F)(F)F. The van der Waals surface area contributed by atoms with Crippen LogP contribution in [0.2, 0.25) is 0 Å². The van der Waals surface area contributed by atoms with Crippen molar-refractivity contribution < 1.29 is 31.9 Å². The molecule has 0 aliphatic carbocycles. The number of hydrogen-bond donors (Lipinski definition) is 1. The van der Waals surface area contributed by atoms with E-state index in [0.29, 0.717) is 0 Å². The van der Waals surface area contributed by atoms with Crippen molar-refractivity contribution in [3.63, 3.8) is 0 Å². The van der Waals surface area contributed by atoms with Gasteiger partial charge in [-0.2, -0.15) is 5.10 Å². The highest BCUT2D eigenvalue weighted by Gasteiger charge is 2.46. The fraction of sp³-hybridized carbons (Fsp3) is 0.353. The lowest BCUT2D eigenvalue weighted by atomic mass is 9.95. The number of rotatable bonds is 6. The lowest BCUT2D eigenvalue weighted by Gasteiger charge is -2.19. The van der Waals surface area contributed by atoms with Crippen LogP contribution in [0.5, 0.6) is 5.75 Å². The molecule has 1 N–H and O–H groups in total. The molecule has 0 bridgehead atoms. The number of halogens is 6. The number of amides is 2. The molecule has 164 valence electrons. The number of hydrazone groups is 1. The lowest BCUT2D eigenvalue weighted by molar-refractivity contribution is -0.275. The van der Waals surface area contributed by atoms with Gasteiger partial charge in [-0.3, -0.25) is 14.6 Å². The minimum atomic E-state index is -5.18. The third-order valence-corrected chi connectivity index (χ3v) is 5.13. The van der Waals surface area contributed by atoms with Gasteiger partial charge in [0.15, 0.2) is 11.6 Å². The van der Waals surface area contributed by atoms with Crippen molar-refractivity contribution in [2.75, 3.05) is 26.0 Å². The van der Waals surface area contributed by atoms with Gasteiger partial charge in [-0.05, 0) is 28.1 Å². The Morgan fingerprint density at radius 1 is 1.47 bits per heavy atom. The van der Waals surface area contributed by atoms with Gasteiger partial charge in [0.05, 0.1) is 5.69 Å². The van der Waals surface area contributed by atoms with Gasteiger partial charge in [0.2, 0.25) is 11.8 Å². The molecular weight excluding hydrogens is 500 g/mol. The van der Waals surface area contributed by atoms with E-state index in [9.17, 15) is 27.2 Å². The van der Waals surface area contributed by atoms with Gasteiger partial charge < -0.3 is 15.0 Å². The zero-order valence-corrected chi connectivity index (χ0v) is 18.0. The van der Waals surface area contributed by atoms with Crippen molar-refractivity contribution in [3.05, 3.63) is 35.8 Å². The van der Waals surface area contributed by atoms with E-state index in [2.05, 4.69) is 37.7 Å². The Labute approximate surface area is 182 Å². The molecule has 1 heterocycles. The van der Waals surface area contributed by atoms with Crippen molar-refractivity contribution in [2.45, 2.75) is 6.36 Å². The van der Waals surface area contributed by atoms with Crippen LogP contribution in [0.15, 0.2) is 35.0 Å². The number of carbonyl (C=O) groups is 2. The van der Waals surface area contributed by atoms with Crippen LogP contribution in [0.3, 0.4) is 0 Å². The number of benzene rings is 1. The fourth-order valence-electron chi connectivity index (χ4n) is 2.72. The van der Waals surface area contributed by atoms with Crippen LogP contribution in [0.1, 0.15) is 0 Å². The Morgan fingerprint density at radius 2 is 2.10 bits per heavy atom. The first-order valence-electron chi connectivity index (χ1n) is 8.24. The maximum atomic E-state index is 13.9. The number of para-hydroxylation sites is 1. The minimum absolute atomic E-state index is 0.0688. The molecule has 2 rings (SSSR count). The molecule has 13 heteroatoms. The largest absolute Gasteiger partial charge is 0.573 e. The molecule has 30 heavy (non-hydrogen) atoms. The van der Waals surface area contributed by atoms with Gasteiger partial charge in [0.1, 0.15) is 15.7 Å². The Morgan fingerprint density at radius 3 is 2.67 bits per heavy atom. The van der Waals surface area contributed by atoms with Crippen molar-refractivity contribution in [3.8, 4) is 5.75 Å². The topological polar surface area (TPSA) is 74.2 Å². The summed E-state index contributed by atoms with van der Waals surface area (Å²) in [6.45, 7) is 3.58. The molecule has 0 radical (unpaired) electrons. The summed E-state index contributed by atoms with van der Waals surface area (Å²) in [6.07, 6.45) is -5.18. The summed E-state index contributed by atoms with van der Waals surface area (Å²) in [6, 6.07) is 2.85. The van der Waals surface area contributed by atoms with E-state index < -0.39 is 47.3 Å². The van der Waals surface area contributed by atoms with E-state index in [1.165, 1.54) is 24.0 Å². The van der Waals surface area contributed by atoms with Crippen LogP contribution in [-0.4, -0.2) is 53.3 Å². The van der Waals surface area contributed by atoms with Crippen molar-refractivity contribution in [1.29, 1.82) is 0 Å². The summed E-state index contributed by atoms with van der Waals surface area (Å²) < 4.78 is 55.5. The molecule has 1 aliphatic rings. The quantitative estimate of drug-likeness (QED) is 0.206. The third-order valence-electron chi connectivity index (χ3n) is 4.14. The minimum Gasteiger partial charge on any atom is -0.400 e. The molecule has 1 saturated heterocycles. The van der Waals surface area contributed by atoms with Gasteiger partial charge in [-0.25, -0.2) is 4.39 Å². The first kappa shape index (κ1) is 23.9. The second-order valence-corrected chi connectivity index (χ2v) is 7.53. The molecular formula is C17H16BrClF4N4O3. The highest BCUT2D eigenvalue weighted by molar-refractivity contribution is 9.18. The van der Waals surface area contributed by atoms with Crippen molar-refractivity contribution in [1.82, 2.24) is 9.91 Å². The summed E-state index contributed by atoms with van der Waals surface area (Å²) >= 11 is 8.94. The van der Waals surface area contributed by atoms with Crippen LogP contribution in [0.25, 0.3) is 0 Å². The highest BCUT2D eigenvalue weighted by Crippen LogP contribution is 2.35. The zero-order chi connectivity index (χ0) is 22.8. The van der Waals surface area contributed by atoms with Crippen LogP contribution >= 0.6 is 27.5 Å². The number of hydrogen-bond acceptors (Lipinski definition) is 5. The maximum absolute atomic E-state index is 13.9. The summed E-state index contributed by atoms with van der Waals surface area (Å²) in [7, 11) is 2.94. The molecule has 0 spiro atoms. The summed E-state index contributed by atoms with van der Waals surface area (Å²) in [5.41, 5.74) is -0.572. The van der Waals surface area contributed by atoms with Crippen LogP contribution < -0.4 is 10.1 Å². The monoisotopic (exact) mass is 514 g/mol. The molecule has 2 amide bonds. The number of nitrogens with one attached hydrogen (secondary N) is 1. The number of carbonyl (C=O) groups excluding carboxylic acids is 2. The number of likely N-dealkylation sites (tertiary alicyclic amines) is 1. The third kappa shape index (κ3) is 5.63. The van der Waals surface area contributed by atoms with E-state index >= 15 is 0 Å². The number of ether oxygens (including phenoxy) is 1. The van der Waals surface area contributed by atoms with Crippen molar-refractivity contribution in [2.24, 2.45) is 16.9 Å². The normalized spacial score (nSPS) is 19.7. The second-order valence-electron chi connectivity index (χ2n) is 6.28. The molecule has 1 aliphatic heterocycles. The van der Waals surface area contributed by atoms with E-state index in [0.717, 1.165) is 18.2 Å². The van der Waals surface area contributed by atoms with E-state index in [1.807, 2.05) is 0 Å². The van der Waals surface area contributed by atoms with Gasteiger partial charge in [-0.1, -0.05) is 24.2 Å². The lowest BCUT2D eigenvalue weighted by Crippen LogP contribution is -2.35. The van der Waals surface area contributed by atoms with E-state index in [4.69, 9.17) is 11.6 Å². The van der Waals surface area contributed by atoms with E-state index in [-0.39, 0.29) is 16.3 Å². The first-order chi connectivity index (χ1) is 13.8. The Hall–Kier alpha value is -2.34. The summed E-state index contributed by atoms with van der Waals surface area (Å²) in [5, 5.41) is 7.50. The maximum Gasteiger partial charge on any atom is 0.573 e. The molecule has 2 atom stereocenters. The van der Waals surface area contributed by atoms with Gasteiger partial charge in [0.25, 0.3) is 0 Å². The summed E-state index contributed by atoms with van der Waals surface area (Å²) in [5.74, 6) is -6.20. The summed E-state index contributed by atoms with van der Waals surface area (Å²) in [4.78, 5) is 26.5. The smallest absolute Gasteiger partial charge is 0.400 e. The molecule has 1 fully saturated rings. The predicted octanol–water partition coefficient (Wildman–Crippen LogP) is 3.72.